The first kappa shape index (κ1) is 18.5. The van der Waals surface area contributed by atoms with Crippen molar-refractivity contribution in [1.29, 1.82) is 0 Å². The van der Waals surface area contributed by atoms with Gasteiger partial charge < -0.3 is 20.1 Å². The number of hydrogen-bond acceptors (Lipinski definition) is 5. The number of rotatable bonds is 6. The van der Waals surface area contributed by atoms with Gasteiger partial charge in [0.05, 0.1) is 25.0 Å². The Kier molecular flexibility index (Phi) is 5.42. The number of fused-ring (bicyclic) bond motifs is 1. The molecule has 2 amide bonds. The SMILES string of the molecule is O=C(CNC(=O)c1ccccc1)Nc1cnn(CC2COc3ccccc3O2)c1. The number of para-hydroxylation sites is 2. The molecule has 2 aromatic carbocycles. The smallest absolute Gasteiger partial charge is 0.251 e. The fraction of sp³-hybridized carbons (Fsp3) is 0.190. The van der Waals surface area contributed by atoms with Gasteiger partial charge in [0.1, 0.15) is 6.61 Å². The van der Waals surface area contributed by atoms with E-state index in [4.69, 9.17) is 9.47 Å². The molecule has 1 aromatic heterocycles. The first-order chi connectivity index (χ1) is 14.2. The van der Waals surface area contributed by atoms with Crippen LogP contribution in [0.2, 0.25) is 0 Å². The van der Waals surface area contributed by atoms with Gasteiger partial charge in [-0.3, -0.25) is 14.3 Å². The van der Waals surface area contributed by atoms with Gasteiger partial charge in [0.15, 0.2) is 17.6 Å². The minimum atomic E-state index is -0.333. The van der Waals surface area contributed by atoms with Gasteiger partial charge >= 0.3 is 0 Å². The van der Waals surface area contributed by atoms with Crippen LogP contribution >= 0.6 is 0 Å². The summed E-state index contributed by atoms with van der Waals surface area (Å²) in [6, 6.07) is 16.2. The zero-order valence-corrected chi connectivity index (χ0v) is 15.6. The van der Waals surface area contributed by atoms with Crippen molar-refractivity contribution in [2.24, 2.45) is 0 Å². The summed E-state index contributed by atoms with van der Waals surface area (Å²) in [5, 5.41) is 9.54. The van der Waals surface area contributed by atoms with Crippen LogP contribution in [0.4, 0.5) is 5.69 Å². The Morgan fingerprint density at radius 3 is 2.66 bits per heavy atom. The number of hydrogen-bond donors (Lipinski definition) is 2. The maximum Gasteiger partial charge on any atom is 0.251 e. The van der Waals surface area contributed by atoms with E-state index in [2.05, 4.69) is 15.7 Å². The molecule has 0 fully saturated rings. The number of nitrogens with zero attached hydrogens (tertiary/aromatic N) is 2. The lowest BCUT2D eigenvalue weighted by molar-refractivity contribution is -0.115. The summed E-state index contributed by atoms with van der Waals surface area (Å²) < 4.78 is 13.3. The Morgan fingerprint density at radius 1 is 1.07 bits per heavy atom. The average Bonchev–Trinajstić information content (AvgIpc) is 3.19. The number of carbonyl (C=O) groups excluding carboxylic acids is 2. The fourth-order valence-corrected chi connectivity index (χ4v) is 2.95. The number of nitrogens with one attached hydrogen (secondary N) is 2. The van der Waals surface area contributed by atoms with E-state index in [-0.39, 0.29) is 24.5 Å². The maximum atomic E-state index is 12.1. The van der Waals surface area contributed by atoms with E-state index in [0.29, 0.717) is 30.2 Å². The third-order valence-electron chi connectivity index (χ3n) is 4.32. The first-order valence-corrected chi connectivity index (χ1v) is 9.21. The second-order valence-corrected chi connectivity index (χ2v) is 6.55. The molecule has 0 saturated heterocycles. The molecular formula is C21H20N4O4. The van der Waals surface area contributed by atoms with Crippen LogP contribution in [0.5, 0.6) is 11.5 Å². The lowest BCUT2D eigenvalue weighted by Gasteiger charge is -2.26. The molecule has 8 heteroatoms. The number of carbonyl (C=O) groups is 2. The number of aromatic nitrogens is 2. The molecule has 1 atom stereocenters. The van der Waals surface area contributed by atoms with Gasteiger partial charge in [-0.2, -0.15) is 5.10 Å². The molecule has 0 saturated carbocycles. The largest absolute Gasteiger partial charge is 0.486 e. The predicted octanol–water partition coefficient (Wildman–Crippen LogP) is 2.09. The molecule has 0 aliphatic carbocycles. The molecule has 4 rings (SSSR count). The zero-order chi connectivity index (χ0) is 20.1. The van der Waals surface area contributed by atoms with Gasteiger partial charge in [-0.1, -0.05) is 30.3 Å². The third-order valence-corrected chi connectivity index (χ3v) is 4.32. The van der Waals surface area contributed by atoms with Crippen LogP contribution in [-0.4, -0.2) is 40.9 Å². The van der Waals surface area contributed by atoms with Crippen molar-refractivity contribution in [3.63, 3.8) is 0 Å². The van der Waals surface area contributed by atoms with Crippen LogP contribution < -0.4 is 20.1 Å². The highest BCUT2D eigenvalue weighted by Gasteiger charge is 2.21. The standard InChI is InChI=1S/C21H20N4O4/c26-20(11-22-21(27)15-6-2-1-3-7-15)24-16-10-23-25(12-16)13-17-14-28-18-8-4-5-9-19(18)29-17/h1-10,12,17H,11,13-14H2,(H,22,27)(H,24,26). The number of benzene rings is 2. The van der Waals surface area contributed by atoms with Gasteiger partial charge in [0, 0.05) is 11.8 Å². The molecule has 2 heterocycles. The van der Waals surface area contributed by atoms with Gasteiger partial charge in [-0.15, -0.1) is 0 Å². The highest BCUT2D eigenvalue weighted by molar-refractivity contribution is 5.99. The highest BCUT2D eigenvalue weighted by Crippen LogP contribution is 2.31. The quantitative estimate of drug-likeness (QED) is 0.670. The van der Waals surface area contributed by atoms with E-state index in [0.717, 1.165) is 5.75 Å². The topological polar surface area (TPSA) is 94.5 Å². The molecule has 1 aliphatic rings. The summed E-state index contributed by atoms with van der Waals surface area (Å²) in [7, 11) is 0. The van der Waals surface area contributed by atoms with Gasteiger partial charge in [-0.05, 0) is 24.3 Å². The Balaban J connectivity index is 1.26. The first-order valence-electron chi connectivity index (χ1n) is 9.21. The average molecular weight is 392 g/mol. The summed E-state index contributed by atoms with van der Waals surface area (Å²) in [5.41, 5.74) is 1.05. The van der Waals surface area contributed by atoms with E-state index in [9.17, 15) is 9.59 Å². The van der Waals surface area contributed by atoms with Crippen molar-refractivity contribution in [3.8, 4) is 11.5 Å². The molecule has 0 spiro atoms. The van der Waals surface area contributed by atoms with Crippen LogP contribution in [0.25, 0.3) is 0 Å². The van der Waals surface area contributed by atoms with Gasteiger partial charge in [0.2, 0.25) is 5.91 Å². The van der Waals surface area contributed by atoms with Crippen molar-refractivity contribution < 1.29 is 19.1 Å². The van der Waals surface area contributed by atoms with E-state index in [1.54, 1.807) is 41.3 Å². The minimum Gasteiger partial charge on any atom is -0.486 e. The third kappa shape index (κ3) is 4.73. The summed E-state index contributed by atoms with van der Waals surface area (Å²) >= 11 is 0. The molecule has 3 aromatic rings. The molecule has 0 bridgehead atoms. The molecule has 0 radical (unpaired) electrons. The second kappa shape index (κ2) is 8.47. The van der Waals surface area contributed by atoms with E-state index < -0.39 is 0 Å². The number of anilines is 1. The summed E-state index contributed by atoms with van der Waals surface area (Å²) in [6.07, 6.45) is 3.08. The normalized spacial score (nSPS) is 14.8. The number of ether oxygens (including phenoxy) is 2. The maximum absolute atomic E-state index is 12.1. The lowest BCUT2D eigenvalue weighted by Crippen LogP contribution is -2.33. The van der Waals surface area contributed by atoms with Crippen LogP contribution in [-0.2, 0) is 11.3 Å². The van der Waals surface area contributed by atoms with Crippen molar-refractivity contribution in [2.45, 2.75) is 12.6 Å². The van der Waals surface area contributed by atoms with Gasteiger partial charge in [-0.25, -0.2) is 0 Å². The second-order valence-electron chi connectivity index (χ2n) is 6.55. The van der Waals surface area contributed by atoms with Crippen LogP contribution in [0.1, 0.15) is 10.4 Å². The van der Waals surface area contributed by atoms with Crippen LogP contribution in [0.15, 0.2) is 67.0 Å². The van der Waals surface area contributed by atoms with Crippen molar-refractivity contribution in [2.75, 3.05) is 18.5 Å². The Hall–Kier alpha value is -3.81. The Morgan fingerprint density at radius 2 is 1.83 bits per heavy atom. The predicted molar refractivity (Wildman–Crippen MR) is 106 cm³/mol. The molecule has 29 heavy (non-hydrogen) atoms. The van der Waals surface area contributed by atoms with Crippen molar-refractivity contribution >= 4 is 17.5 Å². The summed E-state index contributed by atoms with van der Waals surface area (Å²) in [5.74, 6) is 0.805. The van der Waals surface area contributed by atoms with Crippen LogP contribution in [0.3, 0.4) is 0 Å². The lowest BCUT2D eigenvalue weighted by atomic mass is 10.2. The van der Waals surface area contributed by atoms with Crippen LogP contribution in [0, 0.1) is 0 Å². The molecule has 1 unspecified atom stereocenters. The molecule has 2 N–H and O–H groups in total. The fourth-order valence-electron chi connectivity index (χ4n) is 2.95. The summed E-state index contributed by atoms with van der Waals surface area (Å²) in [4.78, 5) is 24.1. The van der Waals surface area contributed by atoms with E-state index in [1.165, 1.54) is 0 Å². The van der Waals surface area contributed by atoms with Crippen molar-refractivity contribution in [3.05, 3.63) is 72.6 Å². The zero-order valence-electron chi connectivity index (χ0n) is 15.6. The monoisotopic (exact) mass is 392 g/mol. The Labute approximate surface area is 167 Å². The minimum absolute atomic E-state index is 0.130. The summed E-state index contributed by atoms with van der Waals surface area (Å²) in [6.45, 7) is 0.772. The highest BCUT2D eigenvalue weighted by atomic mass is 16.6. The molecule has 148 valence electrons. The Bertz CT molecular complexity index is 1000. The van der Waals surface area contributed by atoms with E-state index >= 15 is 0 Å². The van der Waals surface area contributed by atoms with E-state index in [1.807, 2.05) is 30.3 Å². The van der Waals surface area contributed by atoms with Crippen molar-refractivity contribution in [1.82, 2.24) is 15.1 Å². The molecule has 8 nitrogen and oxygen atoms in total. The van der Waals surface area contributed by atoms with Gasteiger partial charge in [0.25, 0.3) is 5.91 Å². The number of amides is 2. The molecular weight excluding hydrogens is 372 g/mol. The molecule has 1 aliphatic heterocycles.